The van der Waals surface area contributed by atoms with Gasteiger partial charge in [0.2, 0.25) is 0 Å². The van der Waals surface area contributed by atoms with Crippen molar-refractivity contribution >= 4 is 22.6 Å². The SMILES string of the molecule is Cc1ccc(CO)cc1NC(=O)c1ccc2c(c1)ncn2C. The Bertz CT molecular complexity index is 852. The summed E-state index contributed by atoms with van der Waals surface area (Å²) in [6.07, 6.45) is 1.72. The number of carbonyl (C=O) groups excluding carboxylic acids is 1. The van der Waals surface area contributed by atoms with Crippen LogP contribution in [0.5, 0.6) is 0 Å². The summed E-state index contributed by atoms with van der Waals surface area (Å²) in [5, 5.41) is 12.1. The third kappa shape index (κ3) is 2.58. The zero-order chi connectivity index (χ0) is 15.7. The van der Waals surface area contributed by atoms with Crippen LogP contribution in [-0.2, 0) is 13.7 Å². The molecule has 0 spiro atoms. The van der Waals surface area contributed by atoms with Crippen LogP contribution in [0, 0.1) is 6.92 Å². The lowest BCUT2D eigenvalue weighted by Gasteiger charge is -2.10. The van der Waals surface area contributed by atoms with Crippen molar-refractivity contribution in [3.63, 3.8) is 0 Å². The Balaban J connectivity index is 1.89. The van der Waals surface area contributed by atoms with Gasteiger partial charge in [-0.15, -0.1) is 0 Å². The molecule has 3 rings (SSSR count). The van der Waals surface area contributed by atoms with E-state index in [1.54, 1.807) is 24.5 Å². The molecule has 0 aliphatic rings. The molecule has 0 fully saturated rings. The van der Waals surface area contributed by atoms with Crippen LogP contribution in [0.1, 0.15) is 21.5 Å². The highest BCUT2D eigenvalue weighted by molar-refractivity contribution is 6.06. The Morgan fingerprint density at radius 3 is 2.86 bits per heavy atom. The Morgan fingerprint density at radius 2 is 2.09 bits per heavy atom. The number of benzene rings is 2. The van der Waals surface area contributed by atoms with Crippen molar-refractivity contribution in [2.24, 2.45) is 7.05 Å². The molecular formula is C17H17N3O2. The van der Waals surface area contributed by atoms with Crippen LogP contribution in [-0.4, -0.2) is 20.6 Å². The number of nitrogens with zero attached hydrogens (tertiary/aromatic N) is 2. The molecular weight excluding hydrogens is 278 g/mol. The molecule has 0 bridgehead atoms. The van der Waals surface area contributed by atoms with E-state index in [1.165, 1.54) is 0 Å². The average Bonchev–Trinajstić information content (AvgIpc) is 2.90. The maximum absolute atomic E-state index is 12.4. The van der Waals surface area contributed by atoms with Gasteiger partial charge in [0.05, 0.1) is 24.0 Å². The number of fused-ring (bicyclic) bond motifs is 1. The highest BCUT2D eigenvalue weighted by Crippen LogP contribution is 2.19. The molecule has 0 saturated carbocycles. The Labute approximate surface area is 128 Å². The maximum atomic E-state index is 12.4. The molecule has 3 aromatic rings. The first-order valence-corrected chi connectivity index (χ1v) is 7.01. The van der Waals surface area contributed by atoms with Crippen LogP contribution in [0.15, 0.2) is 42.7 Å². The molecule has 0 saturated heterocycles. The van der Waals surface area contributed by atoms with E-state index in [4.69, 9.17) is 0 Å². The second-order valence-electron chi connectivity index (χ2n) is 5.32. The lowest BCUT2D eigenvalue weighted by atomic mass is 10.1. The number of carbonyl (C=O) groups is 1. The van der Waals surface area contributed by atoms with Crippen molar-refractivity contribution in [3.05, 3.63) is 59.4 Å². The monoisotopic (exact) mass is 295 g/mol. The van der Waals surface area contributed by atoms with Crippen molar-refractivity contribution in [1.29, 1.82) is 0 Å². The van der Waals surface area contributed by atoms with Crippen molar-refractivity contribution in [2.75, 3.05) is 5.32 Å². The fourth-order valence-electron chi connectivity index (χ4n) is 2.37. The number of hydrogen-bond donors (Lipinski definition) is 2. The summed E-state index contributed by atoms with van der Waals surface area (Å²) in [7, 11) is 1.92. The minimum Gasteiger partial charge on any atom is -0.392 e. The van der Waals surface area contributed by atoms with Crippen molar-refractivity contribution in [3.8, 4) is 0 Å². The molecule has 0 aliphatic heterocycles. The van der Waals surface area contributed by atoms with E-state index in [2.05, 4.69) is 10.3 Å². The number of rotatable bonds is 3. The Kier molecular flexibility index (Phi) is 3.65. The summed E-state index contributed by atoms with van der Waals surface area (Å²) in [6.45, 7) is 1.86. The number of nitrogens with one attached hydrogen (secondary N) is 1. The third-order valence-electron chi connectivity index (χ3n) is 3.72. The molecule has 2 N–H and O–H groups in total. The van der Waals surface area contributed by atoms with Gasteiger partial charge in [0, 0.05) is 18.3 Å². The first-order valence-electron chi connectivity index (χ1n) is 7.01. The van der Waals surface area contributed by atoms with Gasteiger partial charge in [0.15, 0.2) is 0 Å². The van der Waals surface area contributed by atoms with E-state index in [9.17, 15) is 9.90 Å². The standard InChI is InChI=1S/C17H17N3O2/c1-11-3-4-12(9-21)7-14(11)19-17(22)13-5-6-16-15(8-13)18-10-20(16)2/h3-8,10,21H,9H2,1-2H3,(H,19,22). The molecule has 1 aromatic heterocycles. The van der Waals surface area contributed by atoms with Gasteiger partial charge in [-0.2, -0.15) is 0 Å². The molecule has 2 aromatic carbocycles. The molecule has 0 radical (unpaired) electrons. The number of aliphatic hydroxyl groups excluding tert-OH is 1. The van der Waals surface area contributed by atoms with E-state index in [-0.39, 0.29) is 12.5 Å². The first-order chi connectivity index (χ1) is 10.6. The zero-order valence-electron chi connectivity index (χ0n) is 12.5. The number of amides is 1. The average molecular weight is 295 g/mol. The van der Waals surface area contributed by atoms with E-state index in [1.807, 2.05) is 36.7 Å². The molecule has 1 heterocycles. The van der Waals surface area contributed by atoms with E-state index in [0.717, 1.165) is 22.2 Å². The van der Waals surface area contributed by atoms with Crippen molar-refractivity contribution < 1.29 is 9.90 Å². The van der Waals surface area contributed by atoms with Gasteiger partial charge >= 0.3 is 0 Å². The van der Waals surface area contributed by atoms with Gasteiger partial charge < -0.3 is 15.0 Å². The molecule has 5 nitrogen and oxygen atoms in total. The zero-order valence-corrected chi connectivity index (χ0v) is 12.5. The predicted octanol–water partition coefficient (Wildman–Crippen LogP) is 2.63. The van der Waals surface area contributed by atoms with Crippen LogP contribution >= 0.6 is 0 Å². The number of aromatic nitrogens is 2. The number of hydrogen-bond acceptors (Lipinski definition) is 3. The molecule has 0 atom stereocenters. The summed E-state index contributed by atoms with van der Waals surface area (Å²) < 4.78 is 1.91. The number of anilines is 1. The van der Waals surface area contributed by atoms with E-state index in [0.29, 0.717) is 11.3 Å². The first kappa shape index (κ1) is 14.3. The highest BCUT2D eigenvalue weighted by atomic mass is 16.3. The largest absolute Gasteiger partial charge is 0.392 e. The summed E-state index contributed by atoms with van der Waals surface area (Å²) in [5.41, 5.74) is 4.74. The third-order valence-corrected chi connectivity index (χ3v) is 3.72. The molecule has 5 heteroatoms. The molecule has 22 heavy (non-hydrogen) atoms. The quantitative estimate of drug-likeness (QED) is 0.780. The van der Waals surface area contributed by atoms with Crippen LogP contribution in [0.2, 0.25) is 0 Å². The predicted molar refractivity (Wildman–Crippen MR) is 85.8 cm³/mol. The summed E-state index contributed by atoms with van der Waals surface area (Å²) in [4.78, 5) is 16.7. The minimum atomic E-state index is -0.189. The van der Waals surface area contributed by atoms with Gasteiger partial charge in [-0.05, 0) is 42.3 Å². The van der Waals surface area contributed by atoms with E-state index >= 15 is 0 Å². The van der Waals surface area contributed by atoms with Crippen LogP contribution in [0.25, 0.3) is 11.0 Å². The van der Waals surface area contributed by atoms with Crippen molar-refractivity contribution in [2.45, 2.75) is 13.5 Å². The molecule has 1 amide bonds. The summed E-state index contributed by atoms with van der Waals surface area (Å²) in [6, 6.07) is 10.9. The number of aliphatic hydroxyl groups is 1. The second-order valence-corrected chi connectivity index (χ2v) is 5.32. The second kappa shape index (κ2) is 5.61. The van der Waals surface area contributed by atoms with Crippen LogP contribution in [0.4, 0.5) is 5.69 Å². The maximum Gasteiger partial charge on any atom is 0.255 e. The fraction of sp³-hybridized carbons (Fsp3) is 0.176. The smallest absolute Gasteiger partial charge is 0.255 e. The van der Waals surface area contributed by atoms with Gasteiger partial charge in [-0.3, -0.25) is 4.79 Å². The lowest BCUT2D eigenvalue weighted by Crippen LogP contribution is -2.13. The summed E-state index contributed by atoms with van der Waals surface area (Å²) >= 11 is 0. The molecule has 112 valence electrons. The van der Waals surface area contributed by atoms with Gasteiger partial charge in [0.1, 0.15) is 0 Å². The number of aryl methyl sites for hydroxylation is 2. The van der Waals surface area contributed by atoms with Gasteiger partial charge in [-0.25, -0.2) is 4.98 Å². The molecule has 0 aliphatic carbocycles. The van der Waals surface area contributed by atoms with Gasteiger partial charge in [0.25, 0.3) is 5.91 Å². The highest BCUT2D eigenvalue weighted by Gasteiger charge is 2.10. The number of imidazole rings is 1. The van der Waals surface area contributed by atoms with Crippen LogP contribution in [0.3, 0.4) is 0 Å². The minimum absolute atomic E-state index is 0.0525. The van der Waals surface area contributed by atoms with Crippen LogP contribution < -0.4 is 5.32 Å². The Morgan fingerprint density at radius 1 is 1.27 bits per heavy atom. The topological polar surface area (TPSA) is 67.2 Å². The van der Waals surface area contributed by atoms with Crippen molar-refractivity contribution in [1.82, 2.24) is 9.55 Å². The summed E-state index contributed by atoms with van der Waals surface area (Å²) in [5.74, 6) is -0.189. The normalized spacial score (nSPS) is 10.9. The molecule has 0 unspecified atom stereocenters. The van der Waals surface area contributed by atoms with Gasteiger partial charge in [-0.1, -0.05) is 12.1 Å². The lowest BCUT2D eigenvalue weighted by molar-refractivity contribution is 0.102. The Hall–Kier alpha value is -2.66. The van der Waals surface area contributed by atoms with E-state index < -0.39 is 0 Å². The fourth-order valence-corrected chi connectivity index (χ4v) is 2.37.